The predicted molar refractivity (Wildman–Crippen MR) is 81.6 cm³/mol. The van der Waals surface area contributed by atoms with E-state index in [1.54, 1.807) is 18.3 Å². The number of nitrogens with one attached hydrogen (secondary N) is 2. The van der Waals surface area contributed by atoms with Gasteiger partial charge < -0.3 is 11.1 Å². The summed E-state index contributed by atoms with van der Waals surface area (Å²) in [5, 5.41) is 10.7. The van der Waals surface area contributed by atoms with Crippen LogP contribution >= 0.6 is 0 Å². The van der Waals surface area contributed by atoms with Gasteiger partial charge in [0.15, 0.2) is 0 Å². The summed E-state index contributed by atoms with van der Waals surface area (Å²) >= 11 is 0. The summed E-state index contributed by atoms with van der Waals surface area (Å²) in [4.78, 5) is 12.2. The number of hydrogen-bond donors (Lipinski definition) is 3. The third-order valence-electron chi connectivity index (χ3n) is 3.48. The van der Waals surface area contributed by atoms with Gasteiger partial charge in [-0.15, -0.1) is 0 Å². The second-order valence-corrected chi connectivity index (χ2v) is 4.83. The van der Waals surface area contributed by atoms with Gasteiger partial charge in [-0.3, -0.25) is 9.89 Å². The second kappa shape index (κ2) is 5.76. The SMILES string of the molecule is NCc1ccccc1CNC(=O)c1ccc2cn[nH]c2c1. The molecule has 0 aliphatic carbocycles. The Bertz CT molecular complexity index is 779. The lowest BCUT2D eigenvalue weighted by molar-refractivity contribution is 0.0951. The highest BCUT2D eigenvalue weighted by Crippen LogP contribution is 2.13. The minimum atomic E-state index is -0.113. The van der Waals surface area contributed by atoms with Crippen LogP contribution in [0.2, 0.25) is 0 Å². The summed E-state index contributed by atoms with van der Waals surface area (Å²) < 4.78 is 0. The van der Waals surface area contributed by atoms with E-state index in [9.17, 15) is 4.79 Å². The van der Waals surface area contributed by atoms with E-state index in [0.717, 1.165) is 22.0 Å². The van der Waals surface area contributed by atoms with Crippen LogP contribution in [0.25, 0.3) is 10.9 Å². The molecule has 1 aromatic heterocycles. The van der Waals surface area contributed by atoms with Crippen molar-refractivity contribution in [3.63, 3.8) is 0 Å². The number of benzene rings is 2. The number of nitrogens with zero attached hydrogens (tertiary/aromatic N) is 1. The van der Waals surface area contributed by atoms with Crippen molar-refractivity contribution in [2.24, 2.45) is 5.73 Å². The summed E-state index contributed by atoms with van der Waals surface area (Å²) in [5.41, 5.74) is 9.24. The summed E-state index contributed by atoms with van der Waals surface area (Å²) in [6.07, 6.45) is 1.73. The van der Waals surface area contributed by atoms with E-state index in [2.05, 4.69) is 15.5 Å². The number of carbonyl (C=O) groups is 1. The van der Waals surface area contributed by atoms with Crippen molar-refractivity contribution in [3.8, 4) is 0 Å². The van der Waals surface area contributed by atoms with E-state index in [4.69, 9.17) is 5.73 Å². The number of aromatic nitrogens is 2. The number of hydrogen-bond acceptors (Lipinski definition) is 3. The first-order valence-corrected chi connectivity index (χ1v) is 6.76. The molecular weight excluding hydrogens is 264 g/mol. The van der Waals surface area contributed by atoms with Crippen LogP contribution in [0.1, 0.15) is 21.5 Å². The zero-order chi connectivity index (χ0) is 14.7. The number of nitrogens with two attached hydrogens (primary N) is 1. The van der Waals surface area contributed by atoms with Gasteiger partial charge in [-0.25, -0.2) is 0 Å². The maximum atomic E-state index is 12.2. The molecule has 5 nitrogen and oxygen atoms in total. The van der Waals surface area contributed by atoms with E-state index in [0.29, 0.717) is 18.7 Å². The highest BCUT2D eigenvalue weighted by atomic mass is 16.1. The van der Waals surface area contributed by atoms with E-state index in [1.807, 2.05) is 30.3 Å². The van der Waals surface area contributed by atoms with Gasteiger partial charge in [0.2, 0.25) is 0 Å². The van der Waals surface area contributed by atoms with Crippen LogP contribution in [-0.4, -0.2) is 16.1 Å². The summed E-state index contributed by atoms with van der Waals surface area (Å²) in [6, 6.07) is 13.3. The van der Waals surface area contributed by atoms with Gasteiger partial charge in [-0.1, -0.05) is 30.3 Å². The Hall–Kier alpha value is -2.66. The van der Waals surface area contributed by atoms with Crippen molar-refractivity contribution in [1.82, 2.24) is 15.5 Å². The average Bonchev–Trinajstić information content (AvgIpc) is 3.00. The maximum Gasteiger partial charge on any atom is 0.251 e. The molecule has 2 aromatic carbocycles. The zero-order valence-corrected chi connectivity index (χ0v) is 11.5. The number of aromatic amines is 1. The van der Waals surface area contributed by atoms with Gasteiger partial charge in [0.1, 0.15) is 0 Å². The van der Waals surface area contributed by atoms with Crippen LogP contribution in [-0.2, 0) is 13.1 Å². The van der Waals surface area contributed by atoms with E-state index in [1.165, 1.54) is 0 Å². The number of H-pyrrole nitrogens is 1. The van der Waals surface area contributed by atoms with Gasteiger partial charge >= 0.3 is 0 Å². The van der Waals surface area contributed by atoms with Gasteiger partial charge in [-0.05, 0) is 23.3 Å². The van der Waals surface area contributed by atoms with Gasteiger partial charge in [0.05, 0.1) is 11.7 Å². The number of fused-ring (bicyclic) bond motifs is 1. The first kappa shape index (κ1) is 13.3. The lowest BCUT2D eigenvalue weighted by atomic mass is 10.1. The third kappa shape index (κ3) is 2.78. The highest BCUT2D eigenvalue weighted by molar-refractivity contribution is 5.97. The Morgan fingerprint density at radius 1 is 1.19 bits per heavy atom. The van der Waals surface area contributed by atoms with E-state index in [-0.39, 0.29) is 5.91 Å². The van der Waals surface area contributed by atoms with Crippen LogP contribution in [0, 0.1) is 0 Å². The predicted octanol–water partition coefficient (Wildman–Crippen LogP) is 1.95. The molecule has 1 amide bonds. The first-order valence-electron chi connectivity index (χ1n) is 6.76. The van der Waals surface area contributed by atoms with Crippen LogP contribution in [0.4, 0.5) is 0 Å². The standard InChI is InChI=1S/C16H16N4O/c17-8-12-3-1-2-4-13(12)9-18-16(21)11-5-6-14-10-19-20-15(14)7-11/h1-7,10H,8-9,17H2,(H,18,21)(H,19,20). The molecule has 0 fully saturated rings. The van der Waals surface area contributed by atoms with Crippen LogP contribution in [0.15, 0.2) is 48.7 Å². The molecule has 4 N–H and O–H groups in total. The lowest BCUT2D eigenvalue weighted by Gasteiger charge is -2.09. The molecule has 3 rings (SSSR count). The Morgan fingerprint density at radius 3 is 2.81 bits per heavy atom. The van der Waals surface area contributed by atoms with Crippen molar-refractivity contribution < 1.29 is 4.79 Å². The third-order valence-corrected chi connectivity index (χ3v) is 3.48. The quantitative estimate of drug-likeness (QED) is 0.683. The highest BCUT2D eigenvalue weighted by Gasteiger charge is 2.08. The van der Waals surface area contributed by atoms with Gasteiger partial charge in [0, 0.05) is 24.0 Å². The molecule has 0 aliphatic rings. The fraction of sp³-hybridized carbons (Fsp3) is 0.125. The lowest BCUT2D eigenvalue weighted by Crippen LogP contribution is -2.23. The minimum absolute atomic E-state index is 0.113. The molecule has 0 aliphatic heterocycles. The number of amides is 1. The smallest absolute Gasteiger partial charge is 0.251 e. The average molecular weight is 280 g/mol. The number of rotatable bonds is 4. The topological polar surface area (TPSA) is 83.8 Å². The summed E-state index contributed by atoms with van der Waals surface area (Å²) in [6.45, 7) is 0.930. The molecule has 5 heteroatoms. The molecule has 3 aromatic rings. The van der Waals surface area contributed by atoms with Crippen LogP contribution in [0.3, 0.4) is 0 Å². The Morgan fingerprint density at radius 2 is 2.00 bits per heavy atom. The van der Waals surface area contributed by atoms with E-state index < -0.39 is 0 Å². The molecule has 0 radical (unpaired) electrons. The first-order chi connectivity index (χ1) is 10.3. The fourth-order valence-electron chi connectivity index (χ4n) is 2.28. The summed E-state index contributed by atoms with van der Waals surface area (Å²) in [7, 11) is 0. The Labute approximate surface area is 122 Å². The molecule has 0 unspecified atom stereocenters. The molecule has 0 saturated carbocycles. The number of carbonyl (C=O) groups excluding carboxylic acids is 1. The molecule has 0 bridgehead atoms. The second-order valence-electron chi connectivity index (χ2n) is 4.83. The van der Waals surface area contributed by atoms with Crippen molar-refractivity contribution in [2.75, 3.05) is 0 Å². The molecule has 0 spiro atoms. The molecule has 1 heterocycles. The minimum Gasteiger partial charge on any atom is -0.348 e. The van der Waals surface area contributed by atoms with Crippen molar-refractivity contribution in [3.05, 3.63) is 65.4 Å². The Balaban J connectivity index is 1.74. The maximum absolute atomic E-state index is 12.2. The monoisotopic (exact) mass is 280 g/mol. The Kier molecular flexibility index (Phi) is 3.66. The van der Waals surface area contributed by atoms with E-state index >= 15 is 0 Å². The molecular formula is C16H16N4O. The van der Waals surface area contributed by atoms with Crippen molar-refractivity contribution in [1.29, 1.82) is 0 Å². The molecule has 0 atom stereocenters. The fourth-order valence-corrected chi connectivity index (χ4v) is 2.28. The van der Waals surface area contributed by atoms with Crippen LogP contribution in [0.5, 0.6) is 0 Å². The largest absolute Gasteiger partial charge is 0.348 e. The summed E-state index contributed by atoms with van der Waals surface area (Å²) in [5.74, 6) is -0.113. The molecule has 106 valence electrons. The van der Waals surface area contributed by atoms with Gasteiger partial charge in [0.25, 0.3) is 5.91 Å². The molecule has 21 heavy (non-hydrogen) atoms. The molecule has 0 saturated heterocycles. The van der Waals surface area contributed by atoms with Crippen LogP contribution < -0.4 is 11.1 Å². The normalized spacial score (nSPS) is 10.7. The van der Waals surface area contributed by atoms with Crippen molar-refractivity contribution >= 4 is 16.8 Å². The zero-order valence-electron chi connectivity index (χ0n) is 11.5. The van der Waals surface area contributed by atoms with Gasteiger partial charge in [-0.2, -0.15) is 5.10 Å². The van der Waals surface area contributed by atoms with Crippen molar-refractivity contribution in [2.45, 2.75) is 13.1 Å².